The number of benzene rings is 1. The molecule has 5 heteroatoms. The molecule has 0 bridgehead atoms. The highest BCUT2D eigenvalue weighted by atomic mass is 16.4. The van der Waals surface area contributed by atoms with Crippen LogP contribution in [-0.2, 0) is 13.2 Å². The van der Waals surface area contributed by atoms with Gasteiger partial charge in [0, 0.05) is 13.5 Å². The Labute approximate surface area is 111 Å². The van der Waals surface area contributed by atoms with E-state index in [1.807, 2.05) is 24.3 Å². The van der Waals surface area contributed by atoms with E-state index in [4.69, 9.17) is 9.52 Å². The number of aryl methyl sites for hydroxylation is 2. The number of nitrogens with zero attached hydrogens (tertiary/aromatic N) is 1. The van der Waals surface area contributed by atoms with Crippen LogP contribution in [0.4, 0.5) is 0 Å². The maximum atomic E-state index is 11.9. The number of nitrogens with one attached hydrogen (secondary N) is 1. The van der Waals surface area contributed by atoms with Crippen LogP contribution in [-0.4, -0.2) is 16.0 Å². The number of amides is 1. The Balaban J connectivity index is 1.98. The summed E-state index contributed by atoms with van der Waals surface area (Å²) in [4.78, 5) is 15.9. The maximum Gasteiger partial charge on any atom is 0.289 e. The Bertz CT molecular complexity index is 573. The second-order valence-electron chi connectivity index (χ2n) is 4.30. The lowest BCUT2D eigenvalue weighted by atomic mass is 10.1. The summed E-state index contributed by atoms with van der Waals surface area (Å²) in [6.07, 6.45) is 0. The van der Waals surface area contributed by atoms with Crippen molar-refractivity contribution in [3.63, 3.8) is 0 Å². The molecule has 1 amide bonds. The number of carbonyl (C=O) groups excluding carboxylic acids is 1. The molecule has 0 fully saturated rings. The highest BCUT2D eigenvalue weighted by Gasteiger charge is 2.15. The molecule has 100 valence electrons. The number of hydrogen-bond acceptors (Lipinski definition) is 4. The van der Waals surface area contributed by atoms with Gasteiger partial charge in [-0.2, -0.15) is 0 Å². The highest BCUT2D eigenvalue weighted by molar-refractivity contribution is 5.92. The van der Waals surface area contributed by atoms with Gasteiger partial charge in [0.15, 0.2) is 5.89 Å². The molecular formula is C14H16N2O3. The zero-order chi connectivity index (χ0) is 13.8. The fraction of sp³-hybridized carbons (Fsp3) is 0.286. The van der Waals surface area contributed by atoms with Gasteiger partial charge in [0.2, 0.25) is 5.76 Å². The Morgan fingerprint density at radius 3 is 2.42 bits per heavy atom. The summed E-state index contributed by atoms with van der Waals surface area (Å²) in [5.41, 5.74) is 2.39. The van der Waals surface area contributed by atoms with E-state index in [1.54, 1.807) is 13.8 Å². The summed E-state index contributed by atoms with van der Waals surface area (Å²) in [6, 6.07) is 7.38. The van der Waals surface area contributed by atoms with E-state index in [1.165, 1.54) is 0 Å². The minimum atomic E-state index is -0.274. The molecule has 0 saturated heterocycles. The van der Waals surface area contributed by atoms with Crippen molar-refractivity contribution in [2.75, 3.05) is 0 Å². The van der Waals surface area contributed by atoms with Crippen molar-refractivity contribution < 1.29 is 14.3 Å². The average molecular weight is 260 g/mol. The van der Waals surface area contributed by atoms with Crippen LogP contribution < -0.4 is 5.32 Å². The molecule has 1 aromatic carbocycles. The van der Waals surface area contributed by atoms with Crippen molar-refractivity contribution in [1.82, 2.24) is 10.3 Å². The number of aliphatic hydroxyl groups is 1. The van der Waals surface area contributed by atoms with Crippen LogP contribution in [0.2, 0.25) is 0 Å². The van der Waals surface area contributed by atoms with E-state index in [0.717, 1.165) is 11.1 Å². The second kappa shape index (κ2) is 5.67. The Hall–Kier alpha value is -2.14. The summed E-state index contributed by atoms with van der Waals surface area (Å²) < 4.78 is 5.24. The first kappa shape index (κ1) is 13.3. The van der Waals surface area contributed by atoms with E-state index >= 15 is 0 Å². The first-order valence-electron chi connectivity index (χ1n) is 6.01. The van der Waals surface area contributed by atoms with Gasteiger partial charge in [-0.3, -0.25) is 4.79 Å². The number of oxazole rings is 1. The van der Waals surface area contributed by atoms with E-state index < -0.39 is 0 Å². The summed E-state index contributed by atoms with van der Waals surface area (Å²) in [6.45, 7) is 3.87. The summed E-state index contributed by atoms with van der Waals surface area (Å²) >= 11 is 0. The van der Waals surface area contributed by atoms with Gasteiger partial charge in [-0.1, -0.05) is 24.3 Å². The van der Waals surface area contributed by atoms with E-state index in [-0.39, 0.29) is 18.3 Å². The van der Waals surface area contributed by atoms with Gasteiger partial charge < -0.3 is 14.8 Å². The molecule has 0 aliphatic rings. The molecule has 2 aromatic rings. The molecule has 0 aliphatic carbocycles. The van der Waals surface area contributed by atoms with Crippen molar-refractivity contribution >= 4 is 5.91 Å². The lowest BCUT2D eigenvalue weighted by molar-refractivity contribution is 0.0921. The van der Waals surface area contributed by atoms with E-state index in [0.29, 0.717) is 18.1 Å². The normalized spacial score (nSPS) is 10.5. The minimum absolute atomic E-state index is 0.0170. The monoisotopic (exact) mass is 260 g/mol. The van der Waals surface area contributed by atoms with Crippen LogP contribution >= 0.6 is 0 Å². The van der Waals surface area contributed by atoms with Gasteiger partial charge in [0.05, 0.1) is 12.3 Å². The molecule has 5 nitrogen and oxygen atoms in total. The quantitative estimate of drug-likeness (QED) is 0.877. The summed E-state index contributed by atoms with van der Waals surface area (Å²) in [7, 11) is 0. The molecule has 0 spiro atoms. The number of hydrogen-bond donors (Lipinski definition) is 2. The van der Waals surface area contributed by atoms with Crippen LogP contribution in [0.15, 0.2) is 28.7 Å². The Morgan fingerprint density at radius 2 is 1.89 bits per heavy atom. The zero-order valence-electron chi connectivity index (χ0n) is 10.9. The molecule has 2 N–H and O–H groups in total. The third kappa shape index (κ3) is 3.20. The molecule has 1 aromatic heterocycles. The second-order valence-corrected chi connectivity index (χ2v) is 4.30. The van der Waals surface area contributed by atoms with Gasteiger partial charge in [0.1, 0.15) is 0 Å². The summed E-state index contributed by atoms with van der Waals surface area (Å²) in [5, 5.41) is 11.7. The van der Waals surface area contributed by atoms with E-state index in [9.17, 15) is 4.79 Å². The van der Waals surface area contributed by atoms with Gasteiger partial charge in [-0.25, -0.2) is 4.98 Å². The van der Waals surface area contributed by atoms with Crippen LogP contribution in [0, 0.1) is 13.8 Å². The first-order chi connectivity index (χ1) is 9.10. The fourth-order valence-corrected chi connectivity index (χ4v) is 1.77. The molecule has 1 heterocycles. The van der Waals surface area contributed by atoms with E-state index in [2.05, 4.69) is 10.3 Å². The third-order valence-corrected chi connectivity index (χ3v) is 2.77. The van der Waals surface area contributed by atoms with Crippen LogP contribution in [0.3, 0.4) is 0 Å². The van der Waals surface area contributed by atoms with Crippen molar-refractivity contribution in [1.29, 1.82) is 0 Å². The fourth-order valence-electron chi connectivity index (χ4n) is 1.77. The van der Waals surface area contributed by atoms with Crippen LogP contribution in [0.1, 0.15) is 33.3 Å². The number of aliphatic hydroxyl groups excluding tert-OH is 1. The number of rotatable bonds is 4. The molecule has 0 unspecified atom stereocenters. The Morgan fingerprint density at radius 1 is 1.26 bits per heavy atom. The third-order valence-electron chi connectivity index (χ3n) is 2.77. The lowest BCUT2D eigenvalue weighted by Gasteiger charge is -2.04. The predicted octanol–water partition coefficient (Wildman–Crippen LogP) is 1.71. The molecular weight excluding hydrogens is 244 g/mol. The van der Waals surface area contributed by atoms with Crippen molar-refractivity contribution in [2.45, 2.75) is 27.0 Å². The van der Waals surface area contributed by atoms with Gasteiger partial charge >= 0.3 is 0 Å². The molecule has 0 atom stereocenters. The van der Waals surface area contributed by atoms with Crippen molar-refractivity contribution in [2.24, 2.45) is 0 Å². The topological polar surface area (TPSA) is 75.4 Å². The van der Waals surface area contributed by atoms with Crippen LogP contribution in [0.25, 0.3) is 0 Å². The molecule has 0 saturated carbocycles. The smallest absolute Gasteiger partial charge is 0.289 e. The average Bonchev–Trinajstić information content (AvgIpc) is 2.75. The van der Waals surface area contributed by atoms with Crippen LogP contribution in [0.5, 0.6) is 0 Å². The molecule has 0 radical (unpaired) electrons. The highest BCUT2D eigenvalue weighted by Crippen LogP contribution is 2.10. The predicted molar refractivity (Wildman–Crippen MR) is 69.5 cm³/mol. The van der Waals surface area contributed by atoms with Crippen molar-refractivity contribution in [3.05, 3.63) is 52.7 Å². The maximum absolute atomic E-state index is 11.9. The largest absolute Gasteiger partial charge is 0.436 e. The van der Waals surface area contributed by atoms with Crippen molar-refractivity contribution in [3.8, 4) is 0 Å². The number of aromatic nitrogens is 1. The Kier molecular flexibility index (Phi) is 3.97. The standard InChI is InChI=1S/C14H16N2O3/c1-9-13(19-10(2)16-9)14(18)15-7-11-3-5-12(8-17)6-4-11/h3-6,17H,7-8H2,1-2H3,(H,15,18). The van der Waals surface area contributed by atoms with Gasteiger partial charge in [0.25, 0.3) is 5.91 Å². The SMILES string of the molecule is Cc1nc(C)c(C(=O)NCc2ccc(CO)cc2)o1. The van der Waals surface area contributed by atoms with Gasteiger partial charge in [-0.15, -0.1) is 0 Å². The molecule has 0 aliphatic heterocycles. The number of carbonyl (C=O) groups is 1. The summed E-state index contributed by atoms with van der Waals surface area (Å²) in [5.74, 6) is 0.462. The molecule has 2 rings (SSSR count). The zero-order valence-corrected chi connectivity index (χ0v) is 10.9. The molecule has 19 heavy (non-hydrogen) atoms. The van der Waals surface area contributed by atoms with Gasteiger partial charge in [-0.05, 0) is 18.1 Å². The first-order valence-corrected chi connectivity index (χ1v) is 6.01. The lowest BCUT2D eigenvalue weighted by Crippen LogP contribution is -2.23. The minimum Gasteiger partial charge on any atom is -0.436 e.